The van der Waals surface area contributed by atoms with Crippen LogP contribution in [0.5, 0.6) is 0 Å². The molecule has 0 radical (unpaired) electrons. The van der Waals surface area contributed by atoms with Crippen molar-refractivity contribution in [3.05, 3.63) is 35.4 Å². The molecule has 0 saturated carbocycles. The third-order valence-corrected chi connectivity index (χ3v) is 4.17. The summed E-state index contributed by atoms with van der Waals surface area (Å²) >= 11 is 6.08. The molecule has 0 bridgehead atoms. The number of rotatable bonds is 1. The van der Waals surface area contributed by atoms with Gasteiger partial charge in [-0.3, -0.25) is 4.79 Å². The van der Waals surface area contributed by atoms with Crippen molar-refractivity contribution >= 4 is 17.5 Å². The molecule has 2 unspecified atom stereocenters. The van der Waals surface area contributed by atoms with E-state index in [-0.39, 0.29) is 22.8 Å². The zero-order valence-electron chi connectivity index (χ0n) is 11.0. The molecule has 6 heteroatoms. The van der Waals surface area contributed by atoms with Crippen LogP contribution in [0.3, 0.4) is 0 Å². The minimum absolute atomic E-state index is 0.0144. The van der Waals surface area contributed by atoms with Crippen LogP contribution in [0.1, 0.15) is 29.3 Å². The Bertz CT molecular complexity index is 503. The van der Waals surface area contributed by atoms with Gasteiger partial charge in [0.05, 0.1) is 5.56 Å². The molecule has 2 rings (SSSR count). The zero-order chi connectivity index (χ0) is 14.9. The highest BCUT2D eigenvalue weighted by atomic mass is 35.5. The first-order valence-electron chi connectivity index (χ1n) is 6.39. The fourth-order valence-corrected chi connectivity index (χ4v) is 2.49. The van der Waals surface area contributed by atoms with Gasteiger partial charge in [-0.25, -0.2) is 0 Å². The van der Waals surface area contributed by atoms with Crippen molar-refractivity contribution < 1.29 is 18.0 Å². The topological polar surface area (TPSA) is 20.3 Å². The highest BCUT2D eigenvalue weighted by molar-refractivity contribution is 6.20. The van der Waals surface area contributed by atoms with Crippen molar-refractivity contribution in [2.24, 2.45) is 5.92 Å². The number of likely N-dealkylation sites (tertiary alicyclic amines) is 1. The van der Waals surface area contributed by atoms with Crippen LogP contribution in [-0.2, 0) is 6.18 Å². The SMILES string of the molecule is CC1CN(C(=O)c2cccc(C(F)(F)F)c2)CCC1Cl. The van der Waals surface area contributed by atoms with E-state index in [9.17, 15) is 18.0 Å². The maximum Gasteiger partial charge on any atom is 0.416 e. The Morgan fingerprint density at radius 1 is 1.40 bits per heavy atom. The van der Waals surface area contributed by atoms with E-state index in [1.165, 1.54) is 12.1 Å². The van der Waals surface area contributed by atoms with Crippen molar-refractivity contribution in [3.63, 3.8) is 0 Å². The third-order valence-electron chi connectivity index (χ3n) is 3.52. The summed E-state index contributed by atoms with van der Waals surface area (Å²) in [5.41, 5.74) is -0.733. The predicted molar refractivity (Wildman–Crippen MR) is 70.8 cm³/mol. The molecule has 0 aliphatic carbocycles. The van der Waals surface area contributed by atoms with Crippen LogP contribution >= 0.6 is 11.6 Å². The number of carbonyl (C=O) groups excluding carboxylic acids is 1. The van der Waals surface area contributed by atoms with E-state index in [4.69, 9.17) is 11.6 Å². The summed E-state index contributed by atoms with van der Waals surface area (Å²) in [4.78, 5) is 13.8. The fraction of sp³-hybridized carbons (Fsp3) is 0.500. The lowest BCUT2D eigenvalue weighted by atomic mass is 9.98. The molecular formula is C14H15ClF3NO. The number of piperidine rings is 1. The van der Waals surface area contributed by atoms with Gasteiger partial charge >= 0.3 is 6.18 Å². The lowest BCUT2D eigenvalue weighted by molar-refractivity contribution is -0.137. The van der Waals surface area contributed by atoms with E-state index < -0.39 is 11.7 Å². The lowest BCUT2D eigenvalue weighted by Gasteiger charge is -2.34. The van der Waals surface area contributed by atoms with Crippen LogP contribution in [0.2, 0.25) is 0 Å². The second-order valence-electron chi connectivity index (χ2n) is 5.11. The molecule has 2 nitrogen and oxygen atoms in total. The Morgan fingerprint density at radius 2 is 2.10 bits per heavy atom. The van der Waals surface area contributed by atoms with Gasteiger partial charge in [0.1, 0.15) is 0 Å². The second kappa shape index (κ2) is 5.64. The Hall–Kier alpha value is -1.23. The lowest BCUT2D eigenvalue weighted by Crippen LogP contribution is -2.43. The summed E-state index contributed by atoms with van der Waals surface area (Å²) < 4.78 is 37.9. The third kappa shape index (κ3) is 3.26. The van der Waals surface area contributed by atoms with Gasteiger partial charge in [-0.05, 0) is 30.5 Å². The molecule has 110 valence electrons. The number of halogens is 4. The van der Waals surface area contributed by atoms with Crippen LogP contribution in [0.15, 0.2) is 24.3 Å². The van der Waals surface area contributed by atoms with Gasteiger partial charge in [0.25, 0.3) is 5.91 Å². The summed E-state index contributed by atoms with van der Waals surface area (Å²) in [5.74, 6) is -0.230. The average Bonchev–Trinajstić information content (AvgIpc) is 2.40. The largest absolute Gasteiger partial charge is 0.416 e. The molecule has 1 heterocycles. The summed E-state index contributed by atoms with van der Waals surface area (Å²) in [6, 6.07) is 4.53. The van der Waals surface area contributed by atoms with Gasteiger partial charge in [-0.15, -0.1) is 11.6 Å². The van der Waals surface area contributed by atoms with E-state index in [1.807, 2.05) is 6.92 Å². The van der Waals surface area contributed by atoms with Crippen molar-refractivity contribution in [3.8, 4) is 0 Å². The first kappa shape index (κ1) is 15.2. The maximum atomic E-state index is 12.6. The van der Waals surface area contributed by atoms with E-state index in [0.29, 0.717) is 19.5 Å². The standard InChI is InChI=1S/C14H15ClF3NO/c1-9-8-19(6-5-12(9)15)13(20)10-3-2-4-11(7-10)14(16,17)18/h2-4,7,9,12H,5-6,8H2,1H3. The van der Waals surface area contributed by atoms with E-state index in [1.54, 1.807) is 4.90 Å². The first-order chi connectivity index (χ1) is 9.29. The second-order valence-corrected chi connectivity index (χ2v) is 5.67. The number of benzene rings is 1. The molecule has 0 spiro atoms. The molecule has 0 N–H and O–H groups in total. The molecule has 1 saturated heterocycles. The molecule has 1 aliphatic rings. The molecule has 1 amide bonds. The Kier molecular flexibility index (Phi) is 4.28. The number of nitrogens with zero attached hydrogens (tertiary/aromatic N) is 1. The molecule has 1 aromatic carbocycles. The molecule has 1 aliphatic heterocycles. The van der Waals surface area contributed by atoms with Gasteiger partial charge in [0, 0.05) is 24.0 Å². The summed E-state index contributed by atoms with van der Waals surface area (Å²) in [6.07, 6.45) is -3.78. The van der Waals surface area contributed by atoms with Crippen LogP contribution < -0.4 is 0 Å². The highest BCUT2D eigenvalue weighted by Gasteiger charge is 2.32. The van der Waals surface area contributed by atoms with Crippen molar-refractivity contribution in [2.75, 3.05) is 13.1 Å². The van der Waals surface area contributed by atoms with Crippen LogP contribution in [0.4, 0.5) is 13.2 Å². The fourth-order valence-electron chi connectivity index (χ4n) is 2.31. The monoisotopic (exact) mass is 305 g/mol. The Morgan fingerprint density at radius 3 is 2.70 bits per heavy atom. The quantitative estimate of drug-likeness (QED) is 0.723. The number of hydrogen-bond acceptors (Lipinski definition) is 1. The van der Waals surface area contributed by atoms with Crippen molar-refractivity contribution in [1.82, 2.24) is 4.90 Å². The predicted octanol–water partition coefficient (Wildman–Crippen LogP) is 3.79. The van der Waals surface area contributed by atoms with E-state index >= 15 is 0 Å². The first-order valence-corrected chi connectivity index (χ1v) is 6.83. The Labute approximate surface area is 120 Å². The summed E-state index contributed by atoms with van der Waals surface area (Å²) in [6.45, 7) is 2.89. The molecule has 20 heavy (non-hydrogen) atoms. The number of amides is 1. The molecule has 1 aromatic rings. The van der Waals surface area contributed by atoms with Crippen molar-refractivity contribution in [1.29, 1.82) is 0 Å². The number of carbonyl (C=O) groups is 1. The normalized spacial score (nSPS) is 23.8. The smallest absolute Gasteiger partial charge is 0.338 e. The number of alkyl halides is 4. The van der Waals surface area contributed by atoms with E-state index in [0.717, 1.165) is 12.1 Å². The Balaban J connectivity index is 2.17. The van der Waals surface area contributed by atoms with Crippen LogP contribution in [-0.4, -0.2) is 29.3 Å². The van der Waals surface area contributed by atoms with Crippen LogP contribution in [0.25, 0.3) is 0 Å². The van der Waals surface area contributed by atoms with Gasteiger partial charge < -0.3 is 4.90 Å². The molecular weight excluding hydrogens is 291 g/mol. The molecule has 1 fully saturated rings. The summed E-state index contributed by atoms with van der Waals surface area (Å²) in [7, 11) is 0. The zero-order valence-corrected chi connectivity index (χ0v) is 11.7. The highest BCUT2D eigenvalue weighted by Crippen LogP contribution is 2.30. The maximum absolute atomic E-state index is 12.6. The van der Waals surface area contributed by atoms with E-state index in [2.05, 4.69) is 0 Å². The van der Waals surface area contributed by atoms with Gasteiger partial charge in [-0.1, -0.05) is 13.0 Å². The van der Waals surface area contributed by atoms with Gasteiger partial charge in [0.15, 0.2) is 0 Å². The average molecular weight is 306 g/mol. The van der Waals surface area contributed by atoms with Gasteiger partial charge in [-0.2, -0.15) is 13.2 Å². The van der Waals surface area contributed by atoms with Crippen molar-refractivity contribution in [2.45, 2.75) is 24.9 Å². The van der Waals surface area contributed by atoms with Crippen LogP contribution in [0, 0.1) is 5.92 Å². The van der Waals surface area contributed by atoms with Gasteiger partial charge in [0.2, 0.25) is 0 Å². The minimum atomic E-state index is -4.44. The minimum Gasteiger partial charge on any atom is -0.338 e. The number of hydrogen-bond donors (Lipinski definition) is 0. The summed E-state index contributed by atoms with van der Waals surface area (Å²) in [5, 5.41) is 0.0144. The molecule has 2 atom stereocenters. The molecule has 0 aromatic heterocycles.